The highest BCUT2D eigenvalue weighted by Gasteiger charge is 2.22. The molecule has 0 spiro atoms. The van der Waals surface area contributed by atoms with E-state index < -0.39 is 7.92 Å². The molecule has 4 heteroatoms. The van der Waals surface area contributed by atoms with Gasteiger partial charge in [-0.2, -0.15) is 0 Å². The van der Waals surface area contributed by atoms with Crippen molar-refractivity contribution in [2.24, 2.45) is 15.9 Å². The van der Waals surface area contributed by atoms with Crippen LogP contribution in [0.4, 0.5) is 11.4 Å². The lowest BCUT2D eigenvalue weighted by Crippen LogP contribution is -2.19. The number of fused-ring (bicyclic) bond motifs is 1. The normalized spacial score (nSPS) is 12.7. The number of nitrogens with zero attached hydrogens (tertiary/aromatic N) is 2. The minimum Gasteiger partial charge on any atom is -0.344 e. The van der Waals surface area contributed by atoms with Gasteiger partial charge in [0.25, 0.3) is 0 Å². The molecule has 0 aromatic heterocycles. The summed E-state index contributed by atoms with van der Waals surface area (Å²) in [7, 11) is -0.742. The Labute approximate surface area is 217 Å². The van der Waals surface area contributed by atoms with Gasteiger partial charge in [0, 0.05) is 30.4 Å². The van der Waals surface area contributed by atoms with E-state index in [-0.39, 0.29) is 6.04 Å². The van der Waals surface area contributed by atoms with Crippen molar-refractivity contribution in [1.82, 2.24) is 0 Å². The minimum atomic E-state index is -0.742. The van der Waals surface area contributed by atoms with Crippen LogP contribution >= 0.6 is 7.92 Å². The van der Waals surface area contributed by atoms with Crippen LogP contribution in [0.2, 0.25) is 0 Å². The summed E-state index contributed by atoms with van der Waals surface area (Å²) >= 11 is 0. The quantitative estimate of drug-likeness (QED) is 0.150. The summed E-state index contributed by atoms with van der Waals surface area (Å²) in [4.78, 5) is 10.1. The number of anilines is 1. The third-order valence-electron chi connectivity index (χ3n) is 5.79. The zero-order valence-electron chi connectivity index (χ0n) is 21.9. The lowest BCUT2D eigenvalue weighted by molar-refractivity contribution is 0.688. The van der Waals surface area contributed by atoms with Crippen molar-refractivity contribution in [2.75, 3.05) is 5.32 Å². The summed E-state index contributed by atoms with van der Waals surface area (Å²) in [6, 6.07) is 34.8. The molecule has 0 aliphatic carbocycles. The Hall–Kier alpha value is -3.29. The van der Waals surface area contributed by atoms with E-state index in [1.807, 2.05) is 6.92 Å². The van der Waals surface area contributed by atoms with Crippen LogP contribution in [0.3, 0.4) is 0 Å². The van der Waals surface area contributed by atoms with Gasteiger partial charge >= 0.3 is 0 Å². The van der Waals surface area contributed by atoms with E-state index in [0.717, 1.165) is 34.4 Å². The largest absolute Gasteiger partial charge is 0.344 e. The highest BCUT2D eigenvalue weighted by atomic mass is 31.1. The highest BCUT2D eigenvalue weighted by Crippen LogP contribution is 2.41. The van der Waals surface area contributed by atoms with Crippen LogP contribution in [0.15, 0.2) is 107 Å². The summed E-state index contributed by atoms with van der Waals surface area (Å²) in [5.41, 5.74) is 3.33. The molecular formula is C32H36N3P. The first-order chi connectivity index (χ1) is 17.4. The Morgan fingerprint density at radius 3 is 1.89 bits per heavy atom. The molecular weight excluding hydrogens is 457 g/mol. The van der Waals surface area contributed by atoms with Gasteiger partial charge in [0.05, 0.1) is 17.0 Å². The maximum absolute atomic E-state index is 5.44. The Balaban J connectivity index is 1.86. The summed E-state index contributed by atoms with van der Waals surface area (Å²) in [6.07, 6.45) is 0.948. The minimum absolute atomic E-state index is 0.251. The summed E-state index contributed by atoms with van der Waals surface area (Å²) in [6.45, 7) is 10.8. The van der Waals surface area contributed by atoms with Gasteiger partial charge in [0.2, 0.25) is 0 Å². The number of rotatable bonds is 8. The van der Waals surface area contributed by atoms with Crippen LogP contribution < -0.4 is 15.9 Å². The topological polar surface area (TPSA) is 36.8 Å². The van der Waals surface area contributed by atoms with Crippen molar-refractivity contribution in [3.63, 3.8) is 0 Å². The molecule has 4 rings (SSSR count). The van der Waals surface area contributed by atoms with Gasteiger partial charge in [-0.25, -0.2) is 0 Å². The average Bonchev–Trinajstić information content (AvgIpc) is 2.85. The Kier molecular flexibility index (Phi) is 8.67. The summed E-state index contributed by atoms with van der Waals surface area (Å²) < 4.78 is 0. The number of benzene rings is 4. The van der Waals surface area contributed by atoms with Gasteiger partial charge in [-0.15, -0.1) is 0 Å². The van der Waals surface area contributed by atoms with Gasteiger partial charge < -0.3 is 5.32 Å². The van der Waals surface area contributed by atoms with Crippen molar-refractivity contribution >= 4 is 52.0 Å². The van der Waals surface area contributed by atoms with Crippen molar-refractivity contribution in [2.45, 2.75) is 47.1 Å². The van der Waals surface area contributed by atoms with E-state index in [0.29, 0.717) is 5.92 Å². The molecule has 36 heavy (non-hydrogen) atoms. The standard InChI is InChI=1S/C32H36N3P/c1-23(2)22-32(36(26-14-8-6-9-15-26)27-16-10-7-11-17-27)35-31-21-13-18-28-29(31)19-12-20-30(28)34-25(5)33-24(3)4/h6-21,23-24H,22H2,1-5H3,(H,33,34). The van der Waals surface area contributed by atoms with Gasteiger partial charge in [-0.1, -0.05) is 98.8 Å². The summed E-state index contributed by atoms with van der Waals surface area (Å²) in [5, 5.41) is 8.49. The monoisotopic (exact) mass is 493 g/mol. The molecule has 0 saturated carbocycles. The van der Waals surface area contributed by atoms with E-state index in [1.165, 1.54) is 16.1 Å². The molecule has 0 radical (unpaired) electrons. The second kappa shape index (κ2) is 12.1. The van der Waals surface area contributed by atoms with Crippen molar-refractivity contribution < 1.29 is 0 Å². The lowest BCUT2D eigenvalue weighted by atomic mass is 10.1. The molecule has 0 unspecified atom stereocenters. The fourth-order valence-corrected chi connectivity index (χ4v) is 7.00. The van der Waals surface area contributed by atoms with Crippen LogP contribution in [0, 0.1) is 5.92 Å². The molecule has 4 aromatic rings. The van der Waals surface area contributed by atoms with E-state index in [9.17, 15) is 0 Å². The Morgan fingerprint density at radius 1 is 0.722 bits per heavy atom. The smallest absolute Gasteiger partial charge is 0.0978 e. The second-order valence-corrected chi connectivity index (χ2v) is 12.0. The molecule has 0 fully saturated rings. The van der Waals surface area contributed by atoms with E-state index in [1.54, 1.807) is 0 Å². The van der Waals surface area contributed by atoms with Crippen LogP contribution in [0.5, 0.6) is 0 Å². The summed E-state index contributed by atoms with van der Waals surface area (Å²) in [5.74, 6) is 1.42. The van der Waals surface area contributed by atoms with Gasteiger partial charge in [0.15, 0.2) is 0 Å². The average molecular weight is 494 g/mol. The lowest BCUT2D eigenvalue weighted by Gasteiger charge is -2.23. The Bertz CT molecular complexity index is 1300. The van der Waals surface area contributed by atoms with Crippen molar-refractivity contribution in [1.29, 1.82) is 0 Å². The third-order valence-corrected chi connectivity index (χ3v) is 8.22. The number of hydrogen-bond donors (Lipinski definition) is 1. The zero-order valence-corrected chi connectivity index (χ0v) is 22.8. The van der Waals surface area contributed by atoms with Crippen LogP contribution in [-0.2, 0) is 0 Å². The molecule has 1 N–H and O–H groups in total. The fraction of sp³-hybridized carbons (Fsp3) is 0.250. The molecule has 0 bridgehead atoms. The second-order valence-electron chi connectivity index (χ2n) is 9.74. The molecule has 0 aliphatic rings. The molecule has 184 valence electrons. The SMILES string of the molecule is CC(=NC(C)C)Nc1cccc2c(N=C(CC(C)C)P(c3ccccc3)c3ccccc3)cccc12. The number of hydrogen-bond acceptors (Lipinski definition) is 2. The first kappa shape index (κ1) is 25.8. The number of amidine groups is 1. The van der Waals surface area contributed by atoms with Crippen LogP contribution in [0.25, 0.3) is 10.8 Å². The Morgan fingerprint density at radius 2 is 1.31 bits per heavy atom. The zero-order chi connectivity index (χ0) is 25.5. The third kappa shape index (κ3) is 6.47. The maximum atomic E-state index is 5.44. The maximum Gasteiger partial charge on any atom is 0.0978 e. The highest BCUT2D eigenvalue weighted by molar-refractivity contribution is 7.88. The van der Waals surface area contributed by atoms with Gasteiger partial charge in [-0.05, 0) is 55.9 Å². The molecule has 3 nitrogen and oxygen atoms in total. The molecule has 4 aromatic carbocycles. The van der Waals surface area contributed by atoms with Crippen LogP contribution in [0.1, 0.15) is 41.0 Å². The molecule has 0 heterocycles. The molecule has 0 saturated heterocycles. The van der Waals surface area contributed by atoms with E-state index >= 15 is 0 Å². The van der Waals surface area contributed by atoms with Crippen LogP contribution in [-0.4, -0.2) is 17.3 Å². The van der Waals surface area contributed by atoms with Crippen molar-refractivity contribution in [3.8, 4) is 0 Å². The fourth-order valence-electron chi connectivity index (χ4n) is 4.41. The molecule has 0 amide bonds. The predicted octanol–water partition coefficient (Wildman–Crippen LogP) is 8.29. The number of nitrogens with one attached hydrogen (secondary N) is 1. The van der Waals surface area contributed by atoms with E-state index in [2.05, 4.69) is 135 Å². The predicted molar refractivity (Wildman–Crippen MR) is 161 cm³/mol. The first-order valence-electron chi connectivity index (χ1n) is 12.7. The number of aliphatic imine (C=N–C) groups is 2. The van der Waals surface area contributed by atoms with Crippen molar-refractivity contribution in [3.05, 3.63) is 97.1 Å². The molecule has 0 aliphatic heterocycles. The van der Waals surface area contributed by atoms with E-state index in [4.69, 9.17) is 4.99 Å². The van der Waals surface area contributed by atoms with Gasteiger partial charge in [0.1, 0.15) is 0 Å². The van der Waals surface area contributed by atoms with Gasteiger partial charge in [-0.3, -0.25) is 9.98 Å². The first-order valence-corrected chi connectivity index (χ1v) is 14.1. The molecule has 0 atom stereocenters.